The van der Waals surface area contributed by atoms with Crippen LogP contribution >= 0.6 is 0 Å². The minimum absolute atomic E-state index is 0.0334. The van der Waals surface area contributed by atoms with Crippen LogP contribution < -0.4 is 5.32 Å². The monoisotopic (exact) mass is 338 g/mol. The number of carbonyl (C=O) groups is 2. The van der Waals surface area contributed by atoms with Crippen molar-refractivity contribution in [3.05, 3.63) is 0 Å². The Labute approximate surface area is 148 Å². The molecule has 0 saturated carbocycles. The lowest BCUT2D eigenvalue weighted by Gasteiger charge is -2.37. The molecule has 1 heterocycles. The second-order valence-electron chi connectivity index (χ2n) is 9.87. The van der Waals surface area contributed by atoms with Crippen LogP contribution in [0.2, 0.25) is 0 Å². The lowest BCUT2D eigenvalue weighted by molar-refractivity contribution is -0.142. The highest BCUT2D eigenvalue weighted by molar-refractivity contribution is 5.82. The maximum Gasteiger partial charge on any atom is 0.227 e. The minimum Gasteiger partial charge on any atom is -0.353 e. The number of hydrogen-bond acceptors (Lipinski definition) is 2. The number of amides is 2. The van der Waals surface area contributed by atoms with Gasteiger partial charge in [-0.2, -0.15) is 0 Å². The zero-order chi connectivity index (χ0) is 18.7. The number of piperidine rings is 1. The maximum absolute atomic E-state index is 12.7. The summed E-state index contributed by atoms with van der Waals surface area (Å²) in [5.41, 5.74) is -0.285. The Bertz CT molecular complexity index is 436. The van der Waals surface area contributed by atoms with Crippen molar-refractivity contribution in [2.75, 3.05) is 13.1 Å². The third-order valence-corrected chi connectivity index (χ3v) is 4.86. The summed E-state index contributed by atoms with van der Waals surface area (Å²) >= 11 is 0. The van der Waals surface area contributed by atoms with Crippen LogP contribution in [0.1, 0.15) is 74.7 Å². The lowest BCUT2D eigenvalue weighted by atomic mass is 9.81. The molecule has 0 radical (unpaired) electrons. The Balaban J connectivity index is 2.60. The second kappa shape index (κ2) is 7.88. The molecule has 0 aromatic carbocycles. The molecular weight excluding hydrogens is 300 g/mol. The second-order valence-corrected chi connectivity index (χ2v) is 9.87. The van der Waals surface area contributed by atoms with Gasteiger partial charge >= 0.3 is 0 Å². The molecule has 2 amide bonds. The van der Waals surface area contributed by atoms with Crippen molar-refractivity contribution < 1.29 is 9.59 Å². The highest BCUT2D eigenvalue weighted by Crippen LogP contribution is 2.27. The van der Waals surface area contributed by atoms with E-state index in [0.29, 0.717) is 19.0 Å². The Hall–Kier alpha value is -1.06. The number of rotatable bonds is 4. The first-order valence-corrected chi connectivity index (χ1v) is 9.42. The quantitative estimate of drug-likeness (QED) is 0.846. The van der Waals surface area contributed by atoms with Gasteiger partial charge in [0.25, 0.3) is 0 Å². The normalized spacial score (nSPS) is 18.6. The van der Waals surface area contributed by atoms with Gasteiger partial charge in [0.05, 0.1) is 0 Å². The summed E-state index contributed by atoms with van der Waals surface area (Å²) in [5, 5.41) is 3.29. The van der Waals surface area contributed by atoms with Gasteiger partial charge in [0.15, 0.2) is 0 Å². The first-order chi connectivity index (χ1) is 10.8. The molecule has 1 fully saturated rings. The standard InChI is InChI=1S/C20H38N2O2/c1-14(2)13-16(19(3,4)5)21-17(23)15-9-11-22(12-10-15)18(24)20(6,7)8/h14-16H,9-13H2,1-8H3,(H,21,23)/t16-/m1/s1. The van der Waals surface area contributed by atoms with E-state index in [0.717, 1.165) is 19.3 Å². The van der Waals surface area contributed by atoms with E-state index in [1.165, 1.54) is 0 Å². The molecule has 0 unspecified atom stereocenters. The SMILES string of the molecule is CC(C)C[C@@H](NC(=O)C1CCN(C(=O)C(C)(C)C)CC1)C(C)(C)C. The molecule has 1 rings (SSSR count). The van der Waals surface area contributed by atoms with Crippen LogP contribution in [0.5, 0.6) is 0 Å². The largest absolute Gasteiger partial charge is 0.353 e. The summed E-state index contributed by atoms with van der Waals surface area (Å²) in [6, 6.07) is 0.194. The predicted octanol–water partition coefficient (Wildman–Crippen LogP) is 3.85. The molecule has 1 N–H and O–H groups in total. The molecule has 140 valence electrons. The van der Waals surface area contributed by atoms with E-state index in [1.54, 1.807) is 0 Å². The molecule has 0 bridgehead atoms. The van der Waals surface area contributed by atoms with Crippen LogP contribution in [0.25, 0.3) is 0 Å². The maximum atomic E-state index is 12.7. The molecule has 1 aliphatic rings. The smallest absolute Gasteiger partial charge is 0.227 e. The highest BCUT2D eigenvalue weighted by Gasteiger charge is 2.34. The summed E-state index contributed by atoms with van der Waals surface area (Å²) in [6.07, 6.45) is 2.54. The summed E-state index contributed by atoms with van der Waals surface area (Å²) in [6.45, 7) is 18.2. The average Bonchev–Trinajstić information content (AvgIpc) is 2.43. The predicted molar refractivity (Wildman–Crippen MR) is 99.6 cm³/mol. The molecule has 4 heteroatoms. The van der Waals surface area contributed by atoms with E-state index < -0.39 is 0 Å². The zero-order valence-corrected chi connectivity index (χ0v) is 17.0. The van der Waals surface area contributed by atoms with Crippen molar-refractivity contribution in [1.29, 1.82) is 0 Å². The number of carbonyl (C=O) groups excluding carboxylic acids is 2. The van der Waals surface area contributed by atoms with Gasteiger partial charge in [-0.3, -0.25) is 9.59 Å². The van der Waals surface area contributed by atoms with Crippen LogP contribution in [0.3, 0.4) is 0 Å². The third kappa shape index (κ3) is 6.10. The van der Waals surface area contributed by atoms with Gasteiger partial charge in [0.1, 0.15) is 0 Å². The fourth-order valence-corrected chi connectivity index (χ4v) is 3.21. The molecule has 0 spiro atoms. The molecule has 0 aromatic heterocycles. The zero-order valence-electron chi connectivity index (χ0n) is 17.0. The number of nitrogens with zero attached hydrogens (tertiary/aromatic N) is 1. The number of likely N-dealkylation sites (tertiary alicyclic amines) is 1. The Morgan fingerprint density at radius 1 is 1.04 bits per heavy atom. The van der Waals surface area contributed by atoms with Gasteiger partial charge in [0.2, 0.25) is 11.8 Å². The Kier molecular flexibility index (Phi) is 6.89. The fraction of sp³-hybridized carbons (Fsp3) is 0.900. The molecule has 24 heavy (non-hydrogen) atoms. The average molecular weight is 339 g/mol. The van der Waals surface area contributed by atoms with Gasteiger partial charge in [0, 0.05) is 30.5 Å². The first-order valence-electron chi connectivity index (χ1n) is 9.42. The van der Waals surface area contributed by atoms with Gasteiger partial charge in [-0.15, -0.1) is 0 Å². The van der Waals surface area contributed by atoms with Crippen molar-refractivity contribution in [3.63, 3.8) is 0 Å². The van der Waals surface area contributed by atoms with Gasteiger partial charge in [-0.05, 0) is 30.6 Å². The van der Waals surface area contributed by atoms with Crippen LogP contribution in [0, 0.1) is 22.7 Å². The van der Waals surface area contributed by atoms with E-state index in [1.807, 2.05) is 25.7 Å². The van der Waals surface area contributed by atoms with E-state index in [-0.39, 0.29) is 34.6 Å². The van der Waals surface area contributed by atoms with Crippen molar-refractivity contribution in [2.45, 2.75) is 80.7 Å². The van der Waals surface area contributed by atoms with E-state index >= 15 is 0 Å². The summed E-state index contributed by atoms with van der Waals surface area (Å²) in [4.78, 5) is 27.0. The molecular formula is C20H38N2O2. The van der Waals surface area contributed by atoms with Crippen molar-refractivity contribution in [3.8, 4) is 0 Å². The van der Waals surface area contributed by atoms with E-state index in [2.05, 4.69) is 39.9 Å². The summed E-state index contributed by atoms with van der Waals surface area (Å²) in [5.74, 6) is 0.943. The van der Waals surface area contributed by atoms with Crippen molar-refractivity contribution >= 4 is 11.8 Å². The van der Waals surface area contributed by atoms with Crippen LogP contribution in [-0.4, -0.2) is 35.8 Å². The molecule has 1 saturated heterocycles. The van der Waals surface area contributed by atoms with Gasteiger partial charge in [-0.25, -0.2) is 0 Å². The minimum atomic E-state index is -0.344. The topological polar surface area (TPSA) is 49.4 Å². The summed E-state index contributed by atoms with van der Waals surface area (Å²) in [7, 11) is 0. The fourth-order valence-electron chi connectivity index (χ4n) is 3.21. The molecule has 1 aliphatic heterocycles. The number of nitrogens with one attached hydrogen (secondary N) is 1. The molecule has 0 aliphatic carbocycles. The Morgan fingerprint density at radius 3 is 1.92 bits per heavy atom. The summed E-state index contributed by atoms with van der Waals surface area (Å²) < 4.78 is 0. The first kappa shape index (κ1) is 21.0. The van der Waals surface area contributed by atoms with Crippen molar-refractivity contribution in [2.24, 2.45) is 22.7 Å². The van der Waals surface area contributed by atoms with E-state index in [4.69, 9.17) is 0 Å². The molecule has 0 aromatic rings. The van der Waals surface area contributed by atoms with Crippen LogP contribution in [0.4, 0.5) is 0 Å². The molecule has 1 atom stereocenters. The lowest BCUT2D eigenvalue weighted by Crippen LogP contribution is -2.50. The number of hydrogen-bond donors (Lipinski definition) is 1. The van der Waals surface area contributed by atoms with Crippen LogP contribution in [0.15, 0.2) is 0 Å². The van der Waals surface area contributed by atoms with Gasteiger partial charge in [-0.1, -0.05) is 55.4 Å². The van der Waals surface area contributed by atoms with Crippen LogP contribution in [-0.2, 0) is 9.59 Å². The van der Waals surface area contributed by atoms with Crippen molar-refractivity contribution in [1.82, 2.24) is 10.2 Å². The molecule has 4 nitrogen and oxygen atoms in total. The Morgan fingerprint density at radius 2 is 1.54 bits per heavy atom. The van der Waals surface area contributed by atoms with E-state index in [9.17, 15) is 9.59 Å². The van der Waals surface area contributed by atoms with Gasteiger partial charge < -0.3 is 10.2 Å². The third-order valence-electron chi connectivity index (χ3n) is 4.86. The highest BCUT2D eigenvalue weighted by atomic mass is 16.2.